The lowest BCUT2D eigenvalue weighted by Crippen LogP contribution is -2.16. The number of fused-ring (bicyclic) bond motifs is 1. The molecule has 1 N–H and O–H groups in total. The third-order valence-corrected chi connectivity index (χ3v) is 2.17. The van der Waals surface area contributed by atoms with Crippen molar-refractivity contribution in [3.63, 3.8) is 0 Å². The van der Waals surface area contributed by atoms with E-state index in [2.05, 4.69) is 5.32 Å². The van der Waals surface area contributed by atoms with Gasteiger partial charge in [-0.1, -0.05) is 0 Å². The van der Waals surface area contributed by atoms with Crippen LogP contribution in [0.4, 0.5) is 0 Å². The molecular weight excluding hydrogens is 194 g/mol. The van der Waals surface area contributed by atoms with Gasteiger partial charge in [-0.2, -0.15) is 0 Å². The van der Waals surface area contributed by atoms with Gasteiger partial charge in [0.15, 0.2) is 5.76 Å². The Morgan fingerprint density at radius 2 is 2.20 bits per heavy atom. The summed E-state index contributed by atoms with van der Waals surface area (Å²) in [5.74, 6) is 0.817. The molecule has 0 aliphatic carbocycles. The van der Waals surface area contributed by atoms with Crippen LogP contribution in [0.2, 0.25) is 0 Å². The number of amides is 1. The summed E-state index contributed by atoms with van der Waals surface area (Å²) in [5.41, 5.74) is 0.675. The molecule has 0 aliphatic heterocycles. The number of carbonyl (C=O) groups excluding carboxylic acids is 1. The van der Waals surface area contributed by atoms with E-state index in [9.17, 15) is 4.79 Å². The van der Waals surface area contributed by atoms with Crippen molar-refractivity contribution in [3.05, 3.63) is 30.0 Å². The van der Waals surface area contributed by atoms with Crippen LogP contribution in [0.15, 0.2) is 28.7 Å². The average molecular weight is 205 g/mol. The summed E-state index contributed by atoms with van der Waals surface area (Å²) in [6.07, 6.45) is 0. The first-order valence-electron chi connectivity index (χ1n) is 4.54. The maximum atomic E-state index is 11.3. The summed E-state index contributed by atoms with van der Waals surface area (Å²) in [7, 11) is 3.16. The Morgan fingerprint density at radius 1 is 1.40 bits per heavy atom. The quantitative estimate of drug-likeness (QED) is 0.813. The minimum absolute atomic E-state index is 0.231. The van der Waals surface area contributed by atoms with E-state index in [1.165, 1.54) is 0 Å². The predicted molar refractivity (Wildman–Crippen MR) is 56.2 cm³/mol. The van der Waals surface area contributed by atoms with Gasteiger partial charge in [-0.15, -0.1) is 0 Å². The monoisotopic (exact) mass is 205 g/mol. The Morgan fingerprint density at radius 3 is 2.87 bits per heavy atom. The molecule has 0 atom stereocenters. The topological polar surface area (TPSA) is 51.5 Å². The molecule has 0 radical (unpaired) electrons. The molecular formula is C11H11NO3. The molecule has 15 heavy (non-hydrogen) atoms. The second-order valence-electron chi connectivity index (χ2n) is 3.09. The van der Waals surface area contributed by atoms with Crippen molar-refractivity contribution in [1.29, 1.82) is 0 Å². The van der Waals surface area contributed by atoms with Gasteiger partial charge in [-0.3, -0.25) is 4.79 Å². The van der Waals surface area contributed by atoms with Crippen LogP contribution in [0.3, 0.4) is 0 Å². The van der Waals surface area contributed by atoms with Gasteiger partial charge in [0.25, 0.3) is 5.91 Å². The molecule has 78 valence electrons. The van der Waals surface area contributed by atoms with Gasteiger partial charge in [-0.25, -0.2) is 0 Å². The Hall–Kier alpha value is -1.97. The molecule has 0 spiro atoms. The third kappa shape index (κ3) is 1.66. The maximum Gasteiger partial charge on any atom is 0.286 e. The van der Waals surface area contributed by atoms with Crippen LogP contribution >= 0.6 is 0 Å². The maximum absolute atomic E-state index is 11.3. The fourth-order valence-electron chi connectivity index (χ4n) is 1.38. The van der Waals surface area contributed by atoms with Crippen molar-refractivity contribution in [2.24, 2.45) is 0 Å². The Bertz CT molecular complexity index is 502. The molecule has 1 heterocycles. The fourth-order valence-corrected chi connectivity index (χ4v) is 1.38. The average Bonchev–Trinajstić information content (AvgIpc) is 2.70. The second-order valence-corrected chi connectivity index (χ2v) is 3.09. The highest BCUT2D eigenvalue weighted by Gasteiger charge is 2.10. The van der Waals surface area contributed by atoms with E-state index >= 15 is 0 Å². The van der Waals surface area contributed by atoms with Crippen molar-refractivity contribution in [1.82, 2.24) is 5.32 Å². The molecule has 1 aromatic carbocycles. The van der Waals surface area contributed by atoms with Gasteiger partial charge in [0.05, 0.1) is 7.11 Å². The molecule has 0 unspecified atom stereocenters. The van der Waals surface area contributed by atoms with Crippen LogP contribution in [-0.2, 0) is 0 Å². The fraction of sp³-hybridized carbons (Fsp3) is 0.182. The third-order valence-electron chi connectivity index (χ3n) is 2.17. The zero-order valence-electron chi connectivity index (χ0n) is 8.53. The Labute approximate surface area is 86.8 Å². The van der Waals surface area contributed by atoms with Gasteiger partial charge in [0.1, 0.15) is 11.3 Å². The van der Waals surface area contributed by atoms with Crippen LogP contribution < -0.4 is 10.1 Å². The molecule has 0 bridgehead atoms. The number of furan rings is 1. The molecule has 2 rings (SSSR count). The summed E-state index contributed by atoms with van der Waals surface area (Å²) < 4.78 is 10.4. The smallest absolute Gasteiger partial charge is 0.286 e. The molecule has 0 fully saturated rings. The lowest BCUT2D eigenvalue weighted by molar-refractivity contribution is 0.0938. The van der Waals surface area contributed by atoms with E-state index in [1.807, 2.05) is 6.07 Å². The lowest BCUT2D eigenvalue weighted by atomic mass is 10.2. The van der Waals surface area contributed by atoms with Crippen molar-refractivity contribution >= 4 is 16.9 Å². The highest BCUT2D eigenvalue weighted by molar-refractivity contribution is 5.96. The van der Waals surface area contributed by atoms with E-state index in [0.717, 1.165) is 11.1 Å². The molecule has 1 aromatic heterocycles. The van der Waals surface area contributed by atoms with Crippen LogP contribution in [0.5, 0.6) is 5.75 Å². The zero-order valence-corrected chi connectivity index (χ0v) is 8.53. The zero-order chi connectivity index (χ0) is 10.8. The number of rotatable bonds is 2. The van der Waals surface area contributed by atoms with E-state index in [-0.39, 0.29) is 5.91 Å². The van der Waals surface area contributed by atoms with Crippen molar-refractivity contribution < 1.29 is 13.9 Å². The second kappa shape index (κ2) is 3.65. The number of hydrogen-bond donors (Lipinski definition) is 1. The molecule has 0 aliphatic rings. The Kier molecular flexibility index (Phi) is 2.33. The first-order chi connectivity index (χ1) is 7.24. The van der Waals surface area contributed by atoms with Crippen molar-refractivity contribution in [2.75, 3.05) is 14.2 Å². The summed E-state index contributed by atoms with van der Waals surface area (Å²) in [4.78, 5) is 11.3. The lowest BCUT2D eigenvalue weighted by Gasteiger charge is -1.96. The van der Waals surface area contributed by atoms with Gasteiger partial charge in [0.2, 0.25) is 0 Å². The van der Waals surface area contributed by atoms with E-state index in [0.29, 0.717) is 11.3 Å². The minimum Gasteiger partial charge on any atom is -0.497 e. The van der Waals surface area contributed by atoms with E-state index in [1.54, 1.807) is 32.4 Å². The van der Waals surface area contributed by atoms with Crippen LogP contribution in [-0.4, -0.2) is 20.1 Å². The van der Waals surface area contributed by atoms with Crippen LogP contribution in [0.25, 0.3) is 11.0 Å². The van der Waals surface area contributed by atoms with Gasteiger partial charge < -0.3 is 14.5 Å². The molecule has 0 saturated carbocycles. The summed E-state index contributed by atoms with van der Waals surface area (Å²) in [6, 6.07) is 7.09. The predicted octanol–water partition coefficient (Wildman–Crippen LogP) is 1.80. The minimum atomic E-state index is -0.231. The number of ether oxygens (including phenoxy) is 1. The van der Waals surface area contributed by atoms with Crippen molar-refractivity contribution in [2.45, 2.75) is 0 Å². The Balaban J connectivity index is 2.51. The number of methoxy groups -OCH3 is 1. The SMILES string of the molecule is CNC(=O)c1cc2cc(OC)ccc2o1. The largest absolute Gasteiger partial charge is 0.497 e. The van der Waals surface area contributed by atoms with Crippen LogP contribution in [0.1, 0.15) is 10.6 Å². The molecule has 2 aromatic rings. The van der Waals surface area contributed by atoms with Crippen LogP contribution in [0, 0.1) is 0 Å². The number of hydrogen-bond acceptors (Lipinski definition) is 3. The number of nitrogens with one attached hydrogen (secondary N) is 1. The van der Waals surface area contributed by atoms with E-state index in [4.69, 9.17) is 9.15 Å². The highest BCUT2D eigenvalue weighted by Crippen LogP contribution is 2.23. The highest BCUT2D eigenvalue weighted by atomic mass is 16.5. The summed E-state index contributed by atoms with van der Waals surface area (Å²) >= 11 is 0. The number of benzene rings is 1. The van der Waals surface area contributed by atoms with Gasteiger partial charge in [0, 0.05) is 12.4 Å². The summed E-state index contributed by atoms with van der Waals surface area (Å²) in [5, 5.41) is 3.36. The van der Waals surface area contributed by atoms with Gasteiger partial charge in [-0.05, 0) is 24.3 Å². The normalized spacial score (nSPS) is 10.3. The summed E-state index contributed by atoms with van der Waals surface area (Å²) in [6.45, 7) is 0. The number of carbonyl (C=O) groups is 1. The first kappa shape index (κ1) is 9.58. The van der Waals surface area contributed by atoms with Crippen molar-refractivity contribution in [3.8, 4) is 5.75 Å². The van der Waals surface area contributed by atoms with Gasteiger partial charge >= 0.3 is 0 Å². The molecule has 4 nitrogen and oxygen atoms in total. The molecule has 1 amide bonds. The van der Waals surface area contributed by atoms with E-state index < -0.39 is 0 Å². The molecule has 0 saturated heterocycles. The standard InChI is InChI=1S/C11H11NO3/c1-12-11(13)10-6-7-5-8(14-2)3-4-9(7)15-10/h3-6H,1-2H3,(H,12,13). The first-order valence-corrected chi connectivity index (χ1v) is 4.54. The molecule has 4 heteroatoms.